The Morgan fingerprint density at radius 3 is 2.37 bits per heavy atom. The number of hydrogen-bond donors (Lipinski definition) is 2. The summed E-state index contributed by atoms with van der Waals surface area (Å²) in [6, 6.07) is 6.33. The van der Waals surface area contributed by atoms with Crippen molar-refractivity contribution in [2.24, 2.45) is 0 Å². The van der Waals surface area contributed by atoms with Gasteiger partial charge in [0.15, 0.2) is 5.75 Å². The first kappa shape index (κ1) is 15.1. The number of methoxy groups -OCH3 is 1. The number of benzene rings is 1. The second-order valence-electron chi connectivity index (χ2n) is 3.64. The maximum atomic E-state index is 11.6. The summed E-state index contributed by atoms with van der Waals surface area (Å²) in [5.41, 5.74) is 0.267. The average Bonchev–Trinajstić information content (AvgIpc) is 2.36. The van der Waals surface area contributed by atoms with Crippen LogP contribution in [0.4, 0.5) is 0 Å². The first-order chi connectivity index (χ1) is 8.85. The minimum absolute atomic E-state index is 0.267. The number of hydrogen-bond acceptors (Lipinski definition) is 5. The van der Waals surface area contributed by atoms with E-state index in [-0.39, 0.29) is 5.56 Å². The highest BCUT2D eigenvalue weighted by Gasteiger charge is 2.27. The number of sulfonamides is 1. The number of carbonyl (C=O) groups is 2. The van der Waals surface area contributed by atoms with E-state index in [1.54, 1.807) is 18.2 Å². The molecule has 0 heterocycles. The average molecular weight is 287 g/mol. The molecule has 8 heteroatoms. The zero-order chi connectivity index (χ0) is 14.5. The van der Waals surface area contributed by atoms with Crippen LogP contribution in [0.25, 0.3) is 0 Å². The molecule has 0 aliphatic rings. The number of ether oxygens (including phenoxy) is 1. The normalized spacial score (nSPS) is 12.7. The van der Waals surface area contributed by atoms with Crippen molar-refractivity contribution in [2.45, 2.75) is 6.04 Å². The van der Waals surface area contributed by atoms with Gasteiger partial charge in [-0.3, -0.25) is 9.59 Å². The number of aliphatic carboxylic acids is 1. The monoisotopic (exact) mass is 287 g/mol. The van der Waals surface area contributed by atoms with Gasteiger partial charge in [-0.05, 0) is 5.56 Å². The third-order valence-electron chi connectivity index (χ3n) is 2.21. The number of carboxylic acids is 1. The molecule has 1 rings (SSSR count). The SMILES string of the molecule is COC(=O)CS(=O)(=O)N[C@H](C(=O)O)c1ccccc1. The van der Waals surface area contributed by atoms with Crippen molar-refractivity contribution in [3.63, 3.8) is 0 Å². The van der Waals surface area contributed by atoms with Crippen LogP contribution < -0.4 is 4.72 Å². The molecule has 0 amide bonds. The van der Waals surface area contributed by atoms with Gasteiger partial charge in [-0.25, -0.2) is 8.42 Å². The van der Waals surface area contributed by atoms with Crippen molar-refractivity contribution >= 4 is 22.0 Å². The minimum Gasteiger partial charge on any atom is -0.480 e. The third kappa shape index (κ3) is 4.68. The van der Waals surface area contributed by atoms with Gasteiger partial charge in [0.2, 0.25) is 10.0 Å². The summed E-state index contributed by atoms with van der Waals surface area (Å²) in [5.74, 6) is -3.26. The van der Waals surface area contributed by atoms with Gasteiger partial charge >= 0.3 is 11.9 Å². The fourth-order valence-electron chi connectivity index (χ4n) is 1.34. The van der Waals surface area contributed by atoms with Gasteiger partial charge in [-0.15, -0.1) is 0 Å². The van der Waals surface area contributed by atoms with Crippen molar-refractivity contribution in [3.8, 4) is 0 Å². The number of carboxylic acid groups (broad SMARTS) is 1. The van der Waals surface area contributed by atoms with E-state index in [1.807, 2.05) is 4.72 Å². The summed E-state index contributed by atoms with van der Waals surface area (Å²) < 4.78 is 29.4. The van der Waals surface area contributed by atoms with Gasteiger partial charge in [0.05, 0.1) is 7.11 Å². The summed E-state index contributed by atoms with van der Waals surface area (Å²) in [6.45, 7) is 0. The molecule has 0 fully saturated rings. The topological polar surface area (TPSA) is 110 Å². The molecule has 0 radical (unpaired) electrons. The Morgan fingerprint density at radius 2 is 1.89 bits per heavy atom. The Balaban J connectivity index is 2.92. The lowest BCUT2D eigenvalue weighted by Crippen LogP contribution is -2.37. The standard InChI is InChI=1S/C11H13NO6S/c1-18-9(13)7-19(16,17)12-10(11(14)15)8-5-3-2-4-6-8/h2-6,10,12H,7H2,1H3,(H,14,15)/t10-/m0/s1. The fourth-order valence-corrected chi connectivity index (χ4v) is 2.45. The molecule has 1 aromatic rings. The lowest BCUT2D eigenvalue weighted by Gasteiger charge is -2.14. The van der Waals surface area contributed by atoms with Crippen LogP contribution in [0, 0.1) is 0 Å². The zero-order valence-corrected chi connectivity index (χ0v) is 10.9. The quantitative estimate of drug-likeness (QED) is 0.707. The van der Waals surface area contributed by atoms with E-state index in [0.717, 1.165) is 7.11 Å². The van der Waals surface area contributed by atoms with Gasteiger partial charge in [-0.1, -0.05) is 30.3 Å². The van der Waals surface area contributed by atoms with Crippen LogP contribution >= 0.6 is 0 Å². The molecule has 0 aromatic heterocycles. The first-order valence-corrected chi connectivity index (χ1v) is 6.85. The van der Waals surface area contributed by atoms with Crippen LogP contribution in [-0.2, 0) is 24.3 Å². The number of esters is 1. The Kier molecular flexibility index (Phi) is 5.02. The molecule has 0 saturated carbocycles. The second kappa shape index (κ2) is 6.30. The molecule has 2 N–H and O–H groups in total. The molecule has 0 spiro atoms. The van der Waals surface area contributed by atoms with Crippen LogP contribution in [-0.4, -0.2) is 38.3 Å². The highest BCUT2D eigenvalue weighted by molar-refractivity contribution is 7.90. The fraction of sp³-hybridized carbons (Fsp3) is 0.273. The molecular weight excluding hydrogens is 274 g/mol. The van der Waals surface area contributed by atoms with Crippen molar-refractivity contribution < 1.29 is 27.9 Å². The summed E-state index contributed by atoms with van der Waals surface area (Å²) >= 11 is 0. The van der Waals surface area contributed by atoms with Crippen LogP contribution in [0.15, 0.2) is 30.3 Å². The molecule has 1 aromatic carbocycles. The van der Waals surface area contributed by atoms with Crippen LogP contribution in [0.3, 0.4) is 0 Å². The third-order valence-corrected chi connectivity index (χ3v) is 3.42. The lowest BCUT2D eigenvalue weighted by molar-refractivity contribution is -0.140. The van der Waals surface area contributed by atoms with Gasteiger partial charge < -0.3 is 9.84 Å². The molecule has 0 bridgehead atoms. The van der Waals surface area contributed by atoms with Crippen molar-refractivity contribution in [1.29, 1.82) is 0 Å². The maximum absolute atomic E-state index is 11.6. The summed E-state index contributed by atoms with van der Waals surface area (Å²) in [6.07, 6.45) is 0. The Bertz CT molecular complexity index is 554. The molecule has 0 aliphatic heterocycles. The number of rotatable bonds is 6. The second-order valence-corrected chi connectivity index (χ2v) is 5.39. The number of carbonyl (C=O) groups excluding carboxylic acids is 1. The summed E-state index contributed by atoms with van der Waals surface area (Å²) in [7, 11) is -3.05. The Hall–Kier alpha value is -1.93. The van der Waals surface area contributed by atoms with Gasteiger partial charge in [0.1, 0.15) is 6.04 Å². The Labute approximate surface area is 110 Å². The van der Waals surface area contributed by atoms with Crippen molar-refractivity contribution in [2.75, 3.05) is 12.9 Å². The largest absolute Gasteiger partial charge is 0.480 e. The lowest BCUT2D eigenvalue weighted by atomic mass is 10.1. The van der Waals surface area contributed by atoms with Crippen molar-refractivity contribution in [1.82, 2.24) is 4.72 Å². The maximum Gasteiger partial charge on any atom is 0.326 e. The van der Waals surface area contributed by atoms with Gasteiger partial charge in [0, 0.05) is 0 Å². The van der Waals surface area contributed by atoms with Crippen molar-refractivity contribution in [3.05, 3.63) is 35.9 Å². The van der Waals surface area contributed by atoms with Gasteiger partial charge in [0.25, 0.3) is 0 Å². The first-order valence-electron chi connectivity index (χ1n) is 5.20. The molecule has 19 heavy (non-hydrogen) atoms. The molecule has 1 atom stereocenters. The van der Waals surface area contributed by atoms with E-state index >= 15 is 0 Å². The van der Waals surface area contributed by atoms with E-state index in [9.17, 15) is 18.0 Å². The van der Waals surface area contributed by atoms with E-state index < -0.39 is 33.8 Å². The molecule has 0 saturated heterocycles. The molecule has 7 nitrogen and oxygen atoms in total. The smallest absolute Gasteiger partial charge is 0.326 e. The highest BCUT2D eigenvalue weighted by Crippen LogP contribution is 2.14. The number of nitrogens with one attached hydrogen (secondary N) is 1. The predicted octanol–water partition coefficient (Wildman–Crippen LogP) is -0.0953. The predicted molar refractivity (Wildman–Crippen MR) is 65.8 cm³/mol. The van der Waals surface area contributed by atoms with E-state index in [2.05, 4.69) is 4.74 Å². The van der Waals surface area contributed by atoms with Crippen LogP contribution in [0.2, 0.25) is 0 Å². The van der Waals surface area contributed by atoms with Crippen LogP contribution in [0.5, 0.6) is 0 Å². The minimum atomic E-state index is -4.09. The summed E-state index contributed by atoms with van der Waals surface area (Å²) in [4.78, 5) is 22.0. The van der Waals surface area contributed by atoms with E-state index in [0.29, 0.717) is 0 Å². The summed E-state index contributed by atoms with van der Waals surface area (Å²) in [5, 5.41) is 9.04. The molecule has 104 valence electrons. The van der Waals surface area contributed by atoms with E-state index in [1.165, 1.54) is 12.1 Å². The zero-order valence-electron chi connectivity index (χ0n) is 10.1. The van der Waals surface area contributed by atoms with Gasteiger partial charge in [-0.2, -0.15) is 4.72 Å². The molecule has 0 aliphatic carbocycles. The van der Waals surface area contributed by atoms with E-state index in [4.69, 9.17) is 5.11 Å². The Morgan fingerprint density at radius 1 is 1.32 bits per heavy atom. The van der Waals surface area contributed by atoms with Crippen LogP contribution in [0.1, 0.15) is 11.6 Å². The molecular formula is C11H13NO6S. The molecule has 0 unspecified atom stereocenters. The highest BCUT2D eigenvalue weighted by atomic mass is 32.2.